The number of likely N-dealkylation sites (N-methyl/N-ethyl adjacent to an activating group) is 2. The highest BCUT2D eigenvalue weighted by Crippen LogP contribution is 2.21. The molecule has 3 heteroatoms. The average molecular weight is 236 g/mol. The Morgan fingerprint density at radius 2 is 1.88 bits per heavy atom. The van der Waals surface area contributed by atoms with Crippen LogP contribution in [-0.4, -0.2) is 43.3 Å². The Labute approximate surface area is 104 Å². The molecule has 0 aliphatic rings. The summed E-state index contributed by atoms with van der Waals surface area (Å²) >= 11 is 0. The minimum absolute atomic E-state index is 0.106. The van der Waals surface area contributed by atoms with Gasteiger partial charge in [-0.3, -0.25) is 0 Å². The molecule has 0 bridgehead atoms. The Morgan fingerprint density at radius 1 is 1.24 bits per heavy atom. The molecular weight excluding hydrogens is 212 g/mol. The van der Waals surface area contributed by atoms with Crippen molar-refractivity contribution >= 4 is 0 Å². The van der Waals surface area contributed by atoms with Crippen molar-refractivity contribution in [1.82, 2.24) is 10.2 Å². The fraction of sp³-hybridized carbons (Fsp3) is 0.571. The highest BCUT2D eigenvalue weighted by Gasteiger charge is 2.31. The summed E-state index contributed by atoms with van der Waals surface area (Å²) in [5.41, 5.74) is 0.783. The number of hydrogen-bond acceptors (Lipinski definition) is 3. The lowest BCUT2D eigenvalue weighted by Gasteiger charge is -2.36. The third-order valence-corrected chi connectivity index (χ3v) is 3.19. The lowest BCUT2D eigenvalue weighted by molar-refractivity contribution is 0.122. The number of aliphatic hydroxyl groups excluding tert-OH is 1. The van der Waals surface area contributed by atoms with E-state index in [4.69, 9.17) is 0 Å². The van der Waals surface area contributed by atoms with E-state index in [0.717, 1.165) is 25.2 Å². The van der Waals surface area contributed by atoms with Gasteiger partial charge in [0.2, 0.25) is 0 Å². The molecule has 17 heavy (non-hydrogen) atoms. The van der Waals surface area contributed by atoms with Gasteiger partial charge in [0.25, 0.3) is 0 Å². The molecule has 2 N–H and O–H groups in total. The van der Waals surface area contributed by atoms with Crippen LogP contribution in [0.15, 0.2) is 30.3 Å². The van der Waals surface area contributed by atoms with Gasteiger partial charge in [-0.1, -0.05) is 44.2 Å². The maximum atomic E-state index is 9.82. The van der Waals surface area contributed by atoms with Gasteiger partial charge in [-0.2, -0.15) is 0 Å². The lowest BCUT2D eigenvalue weighted by Crippen LogP contribution is -2.52. The SMILES string of the molecule is CCNC(CO)(CN(C)CC)c1ccccc1. The number of nitrogens with zero attached hydrogens (tertiary/aromatic N) is 1. The molecule has 1 aromatic rings. The zero-order chi connectivity index (χ0) is 12.7. The van der Waals surface area contributed by atoms with Gasteiger partial charge >= 0.3 is 0 Å². The molecule has 1 rings (SSSR count). The molecule has 0 saturated heterocycles. The summed E-state index contributed by atoms with van der Waals surface area (Å²) in [6.45, 7) is 6.92. The van der Waals surface area contributed by atoms with Crippen molar-refractivity contribution in [2.75, 3.05) is 33.3 Å². The van der Waals surface area contributed by atoms with Crippen LogP contribution in [0.5, 0.6) is 0 Å². The maximum absolute atomic E-state index is 9.82. The molecule has 1 unspecified atom stereocenters. The van der Waals surface area contributed by atoms with Crippen LogP contribution in [0.1, 0.15) is 19.4 Å². The summed E-state index contributed by atoms with van der Waals surface area (Å²) < 4.78 is 0. The normalized spacial score (nSPS) is 14.9. The summed E-state index contributed by atoms with van der Waals surface area (Å²) in [4.78, 5) is 2.21. The topological polar surface area (TPSA) is 35.5 Å². The van der Waals surface area contributed by atoms with Gasteiger partial charge in [0.05, 0.1) is 12.1 Å². The Kier molecular flexibility index (Phi) is 5.62. The van der Waals surface area contributed by atoms with Crippen LogP contribution in [0, 0.1) is 0 Å². The van der Waals surface area contributed by atoms with Gasteiger partial charge in [0.1, 0.15) is 0 Å². The minimum Gasteiger partial charge on any atom is -0.394 e. The number of rotatable bonds is 7. The molecule has 0 spiro atoms. The number of benzene rings is 1. The molecule has 0 heterocycles. The van der Waals surface area contributed by atoms with Crippen molar-refractivity contribution in [3.8, 4) is 0 Å². The van der Waals surface area contributed by atoms with Crippen LogP contribution in [0.2, 0.25) is 0 Å². The van der Waals surface area contributed by atoms with E-state index in [1.54, 1.807) is 0 Å². The number of hydrogen-bond donors (Lipinski definition) is 2. The predicted octanol–water partition coefficient (Wildman–Crippen LogP) is 1.44. The highest BCUT2D eigenvalue weighted by molar-refractivity contribution is 5.25. The molecule has 0 fully saturated rings. The highest BCUT2D eigenvalue weighted by atomic mass is 16.3. The Bertz CT molecular complexity index is 315. The van der Waals surface area contributed by atoms with Gasteiger partial charge in [-0.25, -0.2) is 0 Å². The molecule has 96 valence electrons. The monoisotopic (exact) mass is 236 g/mol. The third kappa shape index (κ3) is 3.53. The molecule has 0 aliphatic heterocycles. The van der Waals surface area contributed by atoms with Gasteiger partial charge in [-0.15, -0.1) is 0 Å². The molecule has 0 radical (unpaired) electrons. The van der Waals surface area contributed by atoms with Crippen LogP contribution in [0.3, 0.4) is 0 Å². The van der Waals surface area contributed by atoms with Crippen molar-refractivity contribution < 1.29 is 5.11 Å². The van der Waals surface area contributed by atoms with E-state index in [1.807, 2.05) is 18.2 Å². The Morgan fingerprint density at radius 3 is 2.35 bits per heavy atom. The van der Waals surface area contributed by atoms with Crippen molar-refractivity contribution in [3.63, 3.8) is 0 Å². The van der Waals surface area contributed by atoms with Crippen molar-refractivity contribution in [3.05, 3.63) is 35.9 Å². The summed E-state index contributed by atoms with van der Waals surface area (Å²) in [6.07, 6.45) is 0. The molecule has 1 aromatic carbocycles. The summed E-state index contributed by atoms with van der Waals surface area (Å²) in [6, 6.07) is 10.2. The van der Waals surface area contributed by atoms with E-state index in [2.05, 4.69) is 43.2 Å². The summed E-state index contributed by atoms with van der Waals surface area (Å²) in [5.74, 6) is 0. The van der Waals surface area contributed by atoms with Gasteiger partial charge < -0.3 is 15.3 Å². The van der Waals surface area contributed by atoms with Crippen molar-refractivity contribution in [2.24, 2.45) is 0 Å². The van der Waals surface area contributed by atoms with E-state index in [0.29, 0.717) is 0 Å². The predicted molar refractivity (Wildman–Crippen MR) is 72.1 cm³/mol. The van der Waals surface area contributed by atoms with E-state index < -0.39 is 0 Å². The molecule has 0 saturated carbocycles. The van der Waals surface area contributed by atoms with Crippen molar-refractivity contribution in [2.45, 2.75) is 19.4 Å². The standard InChI is InChI=1S/C14H24N2O/c1-4-15-14(12-17,11-16(3)5-2)13-9-7-6-8-10-13/h6-10,15,17H,4-5,11-12H2,1-3H3. The van der Waals surface area contributed by atoms with E-state index in [-0.39, 0.29) is 12.1 Å². The van der Waals surface area contributed by atoms with Crippen LogP contribution < -0.4 is 5.32 Å². The van der Waals surface area contributed by atoms with E-state index >= 15 is 0 Å². The van der Waals surface area contributed by atoms with E-state index in [9.17, 15) is 5.11 Å². The maximum Gasteiger partial charge on any atom is 0.0797 e. The second kappa shape index (κ2) is 6.74. The smallest absolute Gasteiger partial charge is 0.0797 e. The van der Waals surface area contributed by atoms with Crippen LogP contribution in [0.25, 0.3) is 0 Å². The van der Waals surface area contributed by atoms with Crippen LogP contribution in [0.4, 0.5) is 0 Å². The minimum atomic E-state index is -0.360. The molecule has 0 aliphatic carbocycles. The quantitative estimate of drug-likeness (QED) is 0.752. The number of nitrogens with one attached hydrogen (secondary N) is 1. The first-order chi connectivity index (χ1) is 8.18. The van der Waals surface area contributed by atoms with E-state index in [1.165, 1.54) is 0 Å². The largest absolute Gasteiger partial charge is 0.394 e. The second-order valence-corrected chi connectivity index (χ2v) is 4.47. The first-order valence-corrected chi connectivity index (χ1v) is 6.28. The zero-order valence-electron chi connectivity index (χ0n) is 11.1. The first kappa shape index (κ1) is 14.2. The molecular formula is C14H24N2O. The number of aliphatic hydroxyl groups is 1. The molecule has 3 nitrogen and oxygen atoms in total. The van der Waals surface area contributed by atoms with Gasteiger partial charge in [0, 0.05) is 6.54 Å². The van der Waals surface area contributed by atoms with Gasteiger partial charge in [0.15, 0.2) is 0 Å². The van der Waals surface area contributed by atoms with Crippen LogP contribution >= 0.6 is 0 Å². The Hall–Kier alpha value is -0.900. The second-order valence-electron chi connectivity index (χ2n) is 4.47. The molecule has 0 aromatic heterocycles. The molecule has 1 atom stereocenters. The fourth-order valence-corrected chi connectivity index (χ4v) is 2.11. The lowest BCUT2D eigenvalue weighted by atomic mass is 9.90. The zero-order valence-corrected chi connectivity index (χ0v) is 11.1. The summed E-state index contributed by atoms with van der Waals surface area (Å²) in [5, 5.41) is 13.3. The van der Waals surface area contributed by atoms with Gasteiger partial charge in [-0.05, 0) is 25.7 Å². The molecule has 0 amide bonds. The fourth-order valence-electron chi connectivity index (χ4n) is 2.11. The summed E-state index contributed by atoms with van der Waals surface area (Å²) in [7, 11) is 2.07. The van der Waals surface area contributed by atoms with Crippen LogP contribution in [-0.2, 0) is 5.54 Å². The first-order valence-electron chi connectivity index (χ1n) is 6.28. The third-order valence-electron chi connectivity index (χ3n) is 3.19. The van der Waals surface area contributed by atoms with Crippen molar-refractivity contribution in [1.29, 1.82) is 0 Å². The average Bonchev–Trinajstić information content (AvgIpc) is 2.39. The Balaban J connectivity index is 2.99.